The number of amides is 1. The number of anilines is 1. The van der Waals surface area contributed by atoms with E-state index in [0.29, 0.717) is 22.6 Å². The van der Waals surface area contributed by atoms with Crippen molar-refractivity contribution in [2.75, 3.05) is 11.8 Å². The van der Waals surface area contributed by atoms with Crippen molar-refractivity contribution in [2.24, 2.45) is 5.10 Å². The number of rotatable bonds is 7. The first-order valence-electron chi connectivity index (χ1n) is 9.18. The van der Waals surface area contributed by atoms with E-state index in [1.54, 1.807) is 24.3 Å². The molecule has 1 amide bonds. The highest BCUT2D eigenvalue weighted by Gasteiger charge is 2.14. The van der Waals surface area contributed by atoms with Gasteiger partial charge in [0.25, 0.3) is 15.9 Å². The zero-order chi connectivity index (χ0) is 22.4. The third-order valence-electron chi connectivity index (χ3n) is 4.31. The average Bonchev–Trinajstić information content (AvgIpc) is 2.75. The lowest BCUT2D eigenvalue weighted by atomic mass is 10.2. The summed E-state index contributed by atoms with van der Waals surface area (Å²) in [7, 11) is -2.29. The van der Waals surface area contributed by atoms with E-state index in [1.807, 2.05) is 6.92 Å². The zero-order valence-corrected chi connectivity index (χ0v) is 17.7. The van der Waals surface area contributed by atoms with Crippen LogP contribution in [0, 0.1) is 6.92 Å². The van der Waals surface area contributed by atoms with Crippen molar-refractivity contribution >= 4 is 27.8 Å². The van der Waals surface area contributed by atoms with Crippen molar-refractivity contribution in [3.63, 3.8) is 0 Å². The van der Waals surface area contributed by atoms with E-state index >= 15 is 0 Å². The van der Waals surface area contributed by atoms with Crippen LogP contribution in [-0.2, 0) is 10.0 Å². The fraction of sp³-hybridized carbons (Fsp3) is 0.0909. The van der Waals surface area contributed by atoms with Gasteiger partial charge < -0.3 is 9.84 Å². The van der Waals surface area contributed by atoms with Crippen LogP contribution in [0.4, 0.5) is 5.69 Å². The summed E-state index contributed by atoms with van der Waals surface area (Å²) in [5.74, 6) is -0.171. The number of benzene rings is 3. The molecule has 160 valence electrons. The van der Waals surface area contributed by atoms with E-state index in [1.165, 1.54) is 55.8 Å². The number of carbonyl (C=O) groups is 1. The summed E-state index contributed by atoms with van der Waals surface area (Å²) in [6, 6.07) is 17.1. The van der Waals surface area contributed by atoms with E-state index in [0.717, 1.165) is 5.56 Å². The molecule has 8 nitrogen and oxygen atoms in total. The predicted molar refractivity (Wildman–Crippen MR) is 118 cm³/mol. The van der Waals surface area contributed by atoms with Crippen LogP contribution in [0.15, 0.2) is 76.7 Å². The second-order valence-corrected chi connectivity index (χ2v) is 8.31. The van der Waals surface area contributed by atoms with E-state index in [9.17, 15) is 18.3 Å². The van der Waals surface area contributed by atoms with Crippen molar-refractivity contribution in [1.82, 2.24) is 5.43 Å². The molecule has 0 aliphatic rings. The zero-order valence-electron chi connectivity index (χ0n) is 16.9. The summed E-state index contributed by atoms with van der Waals surface area (Å²) in [6.45, 7) is 1.87. The van der Waals surface area contributed by atoms with Gasteiger partial charge in [0.2, 0.25) is 0 Å². The minimum Gasteiger partial charge on any atom is -0.504 e. The molecule has 0 saturated heterocycles. The fourth-order valence-corrected chi connectivity index (χ4v) is 3.68. The Balaban J connectivity index is 1.63. The number of hydrogen-bond acceptors (Lipinski definition) is 6. The van der Waals surface area contributed by atoms with Crippen LogP contribution in [0.3, 0.4) is 0 Å². The predicted octanol–water partition coefficient (Wildman–Crippen LogP) is 3.27. The Bertz CT molecular complexity index is 1200. The third-order valence-corrected chi connectivity index (χ3v) is 5.71. The Labute approximate surface area is 180 Å². The summed E-state index contributed by atoms with van der Waals surface area (Å²) < 4.78 is 32.4. The van der Waals surface area contributed by atoms with Crippen LogP contribution in [0.5, 0.6) is 11.5 Å². The van der Waals surface area contributed by atoms with E-state index in [4.69, 9.17) is 4.74 Å². The van der Waals surface area contributed by atoms with Gasteiger partial charge in [-0.1, -0.05) is 17.7 Å². The Kier molecular flexibility index (Phi) is 6.56. The lowest BCUT2D eigenvalue weighted by Gasteiger charge is -2.09. The molecule has 9 heteroatoms. The van der Waals surface area contributed by atoms with Crippen LogP contribution in [-0.4, -0.2) is 32.8 Å². The van der Waals surface area contributed by atoms with Crippen LogP contribution in [0.1, 0.15) is 21.5 Å². The van der Waals surface area contributed by atoms with Gasteiger partial charge >= 0.3 is 0 Å². The maximum atomic E-state index is 12.4. The Morgan fingerprint density at radius 2 is 1.71 bits per heavy atom. The van der Waals surface area contributed by atoms with Crippen LogP contribution < -0.4 is 14.9 Å². The summed E-state index contributed by atoms with van der Waals surface area (Å²) in [4.78, 5) is 12.4. The molecule has 0 aliphatic carbocycles. The number of aryl methyl sites for hydroxylation is 1. The highest BCUT2D eigenvalue weighted by atomic mass is 32.2. The third kappa shape index (κ3) is 5.61. The highest BCUT2D eigenvalue weighted by Crippen LogP contribution is 2.25. The first-order valence-corrected chi connectivity index (χ1v) is 10.7. The number of ether oxygens (including phenoxy) is 1. The Morgan fingerprint density at radius 1 is 1.03 bits per heavy atom. The van der Waals surface area contributed by atoms with E-state index in [-0.39, 0.29) is 10.6 Å². The molecule has 3 aromatic carbocycles. The van der Waals surface area contributed by atoms with Crippen molar-refractivity contribution in [2.45, 2.75) is 11.8 Å². The lowest BCUT2D eigenvalue weighted by Crippen LogP contribution is -2.18. The monoisotopic (exact) mass is 439 g/mol. The first kappa shape index (κ1) is 21.8. The summed E-state index contributed by atoms with van der Waals surface area (Å²) >= 11 is 0. The van der Waals surface area contributed by atoms with Crippen LogP contribution >= 0.6 is 0 Å². The summed E-state index contributed by atoms with van der Waals surface area (Å²) in [6.07, 6.45) is 1.41. The Hall–Kier alpha value is -3.85. The van der Waals surface area contributed by atoms with Gasteiger partial charge in [0.15, 0.2) is 11.5 Å². The number of aromatic hydroxyl groups is 1. The van der Waals surface area contributed by atoms with Crippen LogP contribution in [0.25, 0.3) is 0 Å². The molecular formula is C22H21N3O5S. The number of nitrogens with one attached hydrogen (secondary N) is 2. The van der Waals surface area contributed by atoms with Gasteiger partial charge in [-0.2, -0.15) is 5.10 Å². The molecule has 0 bridgehead atoms. The van der Waals surface area contributed by atoms with Gasteiger partial charge in [0, 0.05) is 11.3 Å². The lowest BCUT2D eigenvalue weighted by molar-refractivity contribution is 0.0955. The van der Waals surface area contributed by atoms with Crippen molar-refractivity contribution < 1.29 is 23.1 Å². The second-order valence-electron chi connectivity index (χ2n) is 6.63. The molecule has 0 spiro atoms. The molecule has 0 radical (unpaired) electrons. The van der Waals surface area contributed by atoms with Gasteiger partial charge in [0.1, 0.15) is 0 Å². The molecule has 3 N–H and O–H groups in total. The molecule has 3 aromatic rings. The number of sulfonamides is 1. The van der Waals surface area contributed by atoms with Gasteiger partial charge in [-0.15, -0.1) is 0 Å². The minimum atomic E-state index is -3.72. The summed E-state index contributed by atoms with van der Waals surface area (Å²) in [5.41, 5.74) is 4.60. The number of hydrazone groups is 1. The smallest absolute Gasteiger partial charge is 0.271 e. The van der Waals surface area contributed by atoms with E-state index < -0.39 is 15.9 Å². The van der Waals surface area contributed by atoms with E-state index in [2.05, 4.69) is 15.2 Å². The maximum Gasteiger partial charge on any atom is 0.271 e. The van der Waals surface area contributed by atoms with Crippen molar-refractivity contribution in [1.29, 1.82) is 0 Å². The molecule has 0 aromatic heterocycles. The first-order chi connectivity index (χ1) is 14.8. The van der Waals surface area contributed by atoms with Gasteiger partial charge in [0.05, 0.1) is 18.2 Å². The molecule has 0 fully saturated rings. The molecule has 0 atom stereocenters. The number of phenols is 1. The van der Waals surface area contributed by atoms with Crippen LogP contribution in [0.2, 0.25) is 0 Å². The highest BCUT2D eigenvalue weighted by molar-refractivity contribution is 7.92. The number of methoxy groups -OCH3 is 1. The fourth-order valence-electron chi connectivity index (χ4n) is 2.63. The topological polar surface area (TPSA) is 117 Å². The molecule has 0 heterocycles. The largest absolute Gasteiger partial charge is 0.504 e. The van der Waals surface area contributed by atoms with Crippen molar-refractivity contribution in [3.8, 4) is 11.5 Å². The van der Waals surface area contributed by atoms with Gasteiger partial charge in [-0.05, 0) is 67.1 Å². The quantitative estimate of drug-likeness (QED) is 0.386. The maximum absolute atomic E-state index is 12.4. The van der Waals surface area contributed by atoms with Crippen molar-refractivity contribution in [3.05, 3.63) is 83.4 Å². The molecule has 3 rings (SSSR count). The standard InChI is InChI=1S/C22H21N3O5S/c1-15-3-10-19(11-4-15)31(28,29)25-18-8-6-17(7-9-18)22(27)24-23-14-16-5-12-20(26)21(13-16)30-2/h3-14,25-26H,1-2H3,(H,24,27). The van der Waals surface area contributed by atoms with Gasteiger partial charge in [-0.3, -0.25) is 9.52 Å². The molecule has 31 heavy (non-hydrogen) atoms. The summed E-state index contributed by atoms with van der Waals surface area (Å²) in [5, 5.41) is 13.5. The Morgan fingerprint density at radius 3 is 2.35 bits per heavy atom. The number of hydrogen-bond donors (Lipinski definition) is 3. The number of carbonyl (C=O) groups excluding carboxylic acids is 1. The number of phenolic OH excluding ortho intramolecular Hbond substituents is 1. The minimum absolute atomic E-state index is 0.00165. The SMILES string of the molecule is COc1cc(C=NNC(=O)c2ccc(NS(=O)(=O)c3ccc(C)cc3)cc2)ccc1O. The normalized spacial score (nSPS) is 11.3. The number of nitrogens with zero attached hydrogens (tertiary/aromatic N) is 1. The average molecular weight is 439 g/mol. The molecule has 0 unspecified atom stereocenters. The molecular weight excluding hydrogens is 418 g/mol. The second kappa shape index (κ2) is 9.31. The molecule has 0 saturated carbocycles. The van der Waals surface area contributed by atoms with Gasteiger partial charge in [-0.25, -0.2) is 13.8 Å². The molecule has 0 aliphatic heterocycles.